The number of anilines is 3. The molecule has 0 amide bonds. The summed E-state index contributed by atoms with van der Waals surface area (Å²) < 4.78 is 11.4. The summed E-state index contributed by atoms with van der Waals surface area (Å²) in [5.41, 5.74) is 7.32. The van der Waals surface area contributed by atoms with Crippen molar-refractivity contribution in [3.63, 3.8) is 0 Å². The molecule has 4 heterocycles. The Kier molecular flexibility index (Phi) is 5.61. The Morgan fingerprint density at radius 2 is 1.09 bits per heavy atom. The van der Waals surface area contributed by atoms with Crippen LogP contribution in [0.15, 0.2) is 150 Å². The van der Waals surface area contributed by atoms with Crippen molar-refractivity contribution >= 4 is 102 Å². The molecule has 3 nitrogen and oxygen atoms in total. The van der Waals surface area contributed by atoms with E-state index in [1.165, 1.54) is 40.3 Å². The van der Waals surface area contributed by atoms with Crippen LogP contribution in [0.5, 0.6) is 0 Å². The number of thiophene rings is 2. The number of rotatable bonds is 4. The summed E-state index contributed by atoms with van der Waals surface area (Å²) in [5.74, 6) is 0. The highest BCUT2D eigenvalue weighted by atomic mass is 32.1. The number of para-hydroxylation sites is 1. The summed E-state index contributed by atoms with van der Waals surface area (Å²) in [6.07, 6.45) is 3.98. The molecule has 10 rings (SSSR count). The van der Waals surface area contributed by atoms with E-state index in [4.69, 9.17) is 4.42 Å². The molecule has 0 saturated heterocycles. The fourth-order valence-corrected chi connectivity index (χ4v) is 9.03. The van der Waals surface area contributed by atoms with E-state index in [0.29, 0.717) is 0 Å². The van der Waals surface area contributed by atoms with Gasteiger partial charge in [0.25, 0.3) is 0 Å². The normalized spacial score (nSPS) is 11.9. The highest BCUT2D eigenvalue weighted by Crippen LogP contribution is 2.44. The second-order valence-electron chi connectivity index (χ2n) is 11.6. The van der Waals surface area contributed by atoms with Crippen molar-refractivity contribution in [2.75, 3.05) is 4.90 Å². The van der Waals surface area contributed by atoms with Gasteiger partial charge < -0.3 is 9.32 Å². The minimum atomic E-state index is 0.879. The minimum Gasteiger partial charge on any atom is -0.456 e. The summed E-state index contributed by atoms with van der Waals surface area (Å²) >= 11 is 3.64. The smallest absolute Gasteiger partial charge is 0.137 e. The maximum atomic E-state index is 6.34. The molecular formula is C41H24N2OS2. The second-order valence-corrected chi connectivity index (χ2v) is 13.8. The summed E-state index contributed by atoms with van der Waals surface area (Å²) in [7, 11) is 0. The van der Waals surface area contributed by atoms with E-state index in [1.807, 2.05) is 35.9 Å². The summed E-state index contributed by atoms with van der Waals surface area (Å²) in [6, 6.07) is 47.8. The number of hydrogen-bond donors (Lipinski definition) is 0. The van der Waals surface area contributed by atoms with Crippen LogP contribution in [0.3, 0.4) is 0 Å². The number of benzene rings is 6. The molecule has 0 spiro atoms. The number of furan rings is 1. The van der Waals surface area contributed by atoms with Gasteiger partial charge in [-0.2, -0.15) is 0 Å². The molecule has 0 unspecified atom stereocenters. The first-order chi connectivity index (χ1) is 22.8. The lowest BCUT2D eigenvalue weighted by Crippen LogP contribution is -2.09. The van der Waals surface area contributed by atoms with Gasteiger partial charge in [-0.1, -0.05) is 66.7 Å². The van der Waals surface area contributed by atoms with Gasteiger partial charge in [0.1, 0.15) is 11.2 Å². The molecule has 0 aliphatic heterocycles. The molecule has 0 N–H and O–H groups in total. The fourth-order valence-electron chi connectivity index (χ4n) is 6.84. The van der Waals surface area contributed by atoms with Crippen LogP contribution >= 0.6 is 22.7 Å². The van der Waals surface area contributed by atoms with E-state index in [2.05, 4.69) is 131 Å². The van der Waals surface area contributed by atoms with Crippen LogP contribution in [0.4, 0.5) is 17.1 Å². The molecule has 0 radical (unpaired) electrons. The monoisotopic (exact) mass is 624 g/mol. The number of nitrogens with zero attached hydrogens (tertiary/aromatic N) is 2. The van der Waals surface area contributed by atoms with Crippen molar-refractivity contribution in [1.82, 2.24) is 4.98 Å². The Labute approximate surface area is 272 Å². The van der Waals surface area contributed by atoms with Gasteiger partial charge in [-0.25, -0.2) is 0 Å². The Morgan fingerprint density at radius 3 is 1.96 bits per heavy atom. The van der Waals surface area contributed by atoms with E-state index in [9.17, 15) is 0 Å². The van der Waals surface area contributed by atoms with E-state index < -0.39 is 0 Å². The van der Waals surface area contributed by atoms with E-state index in [0.717, 1.165) is 50.1 Å². The van der Waals surface area contributed by atoms with Gasteiger partial charge in [0.15, 0.2) is 0 Å². The molecule has 216 valence electrons. The summed E-state index contributed by atoms with van der Waals surface area (Å²) in [4.78, 5) is 6.96. The standard InChI is InChI=1S/C41H24N2OS2/c1-4-10-35-29(7-1)30-19-17-28(22-36(30)44-35)43(27-18-20-39-33(21-27)31-8-2-5-11-37(31)45-39)26-15-13-25(14-16-26)34-23-42-24-40-41(34)32-9-3-6-12-38(32)46-40/h1-24H. The largest absolute Gasteiger partial charge is 0.456 e. The topological polar surface area (TPSA) is 29.3 Å². The third-order valence-electron chi connectivity index (χ3n) is 8.96. The van der Waals surface area contributed by atoms with Crippen LogP contribution in [-0.4, -0.2) is 4.98 Å². The average Bonchev–Trinajstić information content (AvgIpc) is 3.79. The molecule has 0 fully saturated rings. The van der Waals surface area contributed by atoms with Gasteiger partial charge in [-0.05, 0) is 66.2 Å². The van der Waals surface area contributed by atoms with E-state index >= 15 is 0 Å². The molecule has 5 heteroatoms. The highest BCUT2D eigenvalue weighted by Gasteiger charge is 2.18. The van der Waals surface area contributed by atoms with Crippen LogP contribution in [0.1, 0.15) is 0 Å². The first kappa shape index (κ1) is 25.8. The molecule has 6 aromatic carbocycles. The van der Waals surface area contributed by atoms with Crippen LogP contribution in [-0.2, 0) is 0 Å². The van der Waals surface area contributed by atoms with Gasteiger partial charge in [-0.15, -0.1) is 22.7 Å². The maximum absolute atomic E-state index is 6.34. The Hall–Kier alpha value is -5.49. The lowest BCUT2D eigenvalue weighted by Gasteiger charge is -2.26. The van der Waals surface area contributed by atoms with Crippen molar-refractivity contribution in [1.29, 1.82) is 0 Å². The first-order valence-electron chi connectivity index (χ1n) is 15.3. The Balaban J connectivity index is 1.15. The van der Waals surface area contributed by atoms with E-state index in [1.54, 1.807) is 11.3 Å². The SMILES string of the molecule is c1ccc2c(c1)oc1cc(N(c3ccc(-c4cncc5sc6ccccc6c45)cc3)c3ccc4sc5ccccc5c4c3)ccc12. The molecule has 0 bridgehead atoms. The Morgan fingerprint density at radius 1 is 0.457 bits per heavy atom. The zero-order chi connectivity index (χ0) is 30.2. The fraction of sp³-hybridized carbons (Fsp3) is 0. The van der Waals surface area contributed by atoms with Crippen LogP contribution in [0.25, 0.3) is 73.4 Å². The minimum absolute atomic E-state index is 0.879. The molecular weight excluding hydrogens is 601 g/mol. The summed E-state index contributed by atoms with van der Waals surface area (Å²) in [5, 5.41) is 7.36. The Bertz CT molecular complexity index is 2770. The quantitative estimate of drug-likeness (QED) is 0.195. The van der Waals surface area contributed by atoms with Crippen LogP contribution in [0, 0.1) is 0 Å². The molecule has 10 aromatic rings. The van der Waals surface area contributed by atoms with Gasteiger partial charge in [0, 0.05) is 87.5 Å². The number of fused-ring (bicyclic) bond motifs is 9. The van der Waals surface area contributed by atoms with Crippen molar-refractivity contribution in [3.05, 3.63) is 146 Å². The average molecular weight is 625 g/mol. The second kappa shape index (κ2) is 10.0. The molecule has 46 heavy (non-hydrogen) atoms. The first-order valence-corrected chi connectivity index (χ1v) is 16.9. The van der Waals surface area contributed by atoms with Gasteiger partial charge >= 0.3 is 0 Å². The summed E-state index contributed by atoms with van der Waals surface area (Å²) in [6.45, 7) is 0. The van der Waals surface area contributed by atoms with Gasteiger partial charge in [0.05, 0.1) is 4.70 Å². The van der Waals surface area contributed by atoms with Crippen molar-refractivity contribution in [2.45, 2.75) is 0 Å². The predicted molar refractivity (Wildman–Crippen MR) is 197 cm³/mol. The van der Waals surface area contributed by atoms with Crippen molar-refractivity contribution in [2.24, 2.45) is 0 Å². The number of aromatic nitrogens is 1. The van der Waals surface area contributed by atoms with Gasteiger partial charge in [-0.3, -0.25) is 4.98 Å². The predicted octanol–water partition coefficient (Wildman–Crippen LogP) is 12.9. The number of hydrogen-bond acceptors (Lipinski definition) is 5. The van der Waals surface area contributed by atoms with E-state index in [-0.39, 0.29) is 0 Å². The molecule has 0 aliphatic rings. The third-order valence-corrected chi connectivity index (χ3v) is 11.2. The lowest BCUT2D eigenvalue weighted by atomic mass is 10.0. The van der Waals surface area contributed by atoms with Crippen LogP contribution in [0.2, 0.25) is 0 Å². The van der Waals surface area contributed by atoms with Crippen LogP contribution < -0.4 is 4.90 Å². The van der Waals surface area contributed by atoms with Crippen molar-refractivity contribution in [3.8, 4) is 11.1 Å². The molecule has 0 atom stereocenters. The maximum Gasteiger partial charge on any atom is 0.137 e. The molecule has 0 saturated carbocycles. The highest BCUT2D eigenvalue weighted by molar-refractivity contribution is 7.26. The molecule has 0 aliphatic carbocycles. The number of pyridine rings is 1. The molecule has 4 aromatic heterocycles. The zero-order valence-electron chi connectivity index (χ0n) is 24.5. The third kappa shape index (κ3) is 3.92. The lowest BCUT2D eigenvalue weighted by molar-refractivity contribution is 0.669. The van der Waals surface area contributed by atoms with Gasteiger partial charge in [0.2, 0.25) is 0 Å². The van der Waals surface area contributed by atoms with Crippen molar-refractivity contribution < 1.29 is 4.42 Å². The zero-order valence-corrected chi connectivity index (χ0v) is 26.1.